The Kier molecular flexibility index (Phi) is 2.81. The van der Waals surface area contributed by atoms with E-state index in [4.69, 9.17) is 0 Å². The predicted molar refractivity (Wildman–Crippen MR) is 70.5 cm³/mol. The van der Waals surface area contributed by atoms with Crippen molar-refractivity contribution in [3.05, 3.63) is 57.8 Å². The predicted octanol–water partition coefficient (Wildman–Crippen LogP) is 3.59. The van der Waals surface area contributed by atoms with Crippen LogP contribution in [0, 0.1) is 0 Å². The fourth-order valence-corrected chi connectivity index (χ4v) is 3.18. The highest BCUT2D eigenvalue weighted by Gasteiger charge is 2.27. The van der Waals surface area contributed by atoms with Crippen LogP contribution in [0.1, 0.15) is 29.0 Å². The van der Waals surface area contributed by atoms with Gasteiger partial charge in [0.2, 0.25) is 0 Å². The number of thiophene rings is 1. The summed E-state index contributed by atoms with van der Waals surface area (Å²) in [6.07, 6.45) is 2.38. The maximum Gasteiger partial charge on any atom is 0.137 e. The molecule has 1 aliphatic rings. The van der Waals surface area contributed by atoms with Gasteiger partial charge in [0.05, 0.1) is 0 Å². The first kappa shape index (κ1) is 10.7. The lowest BCUT2D eigenvalue weighted by Crippen LogP contribution is -2.20. The maximum absolute atomic E-state index is 11.9. The van der Waals surface area contributed by atoms with Gasteiger partial charge >= 0.3 is 0 Å². The molecule has 0 bridgehead atoms. The minimum atomic E-state index is 0.364. The number of Topliss-reactive ketones (excluding diaryl/α,β-unsaturated/α-hetero) is 1. The Morgan fingerprint density at radius 3 is 2.94 bits per heavy atom. The highest BCUT2D eigenvalue weighted by molar-refractivity contribution is 7.07. The van der Waals surface area contributed by atoms with Gasteiger partial charge in [0.25, 0.3) is 0 Å². The monoisotopic (exact) mass is 242 g/mol. The second-order valence-electron chi connectivity index (χ2n) is 4.65. The molecule has 0 saturated heterocycles. The molecule has 0 amide bonds. The lowest BCUT2D eigenvalue weighted by atomic mass is 9.75. The number of carbonyl (C=O) groups is 1. The van der Waals surface area contributed by atoms with Crippen LogP contribution in [-0.4, -0.2) is 5.78 Å². The molecule has 86 valence electrons. The summed E-state index contributed by atoms with van der Waals surface area (Å²) in [5.74, 6) is 0.834. The van der Waals surface area contributed by atoms with Crippen LogP contribution in [0.2, 0.25) is 0 Å². The van der Waals surface area contributed by atoms with Crippen LogP contribution in [0.3, 0.4) is 0 Å². The molecule has 1 atom stereocenters. The number of hydrogen-bond donors (Lipinski definition) is 0. The molecule has 0 N–H and O–H groups in total. The Balaban J connectivity index is 1.61. The third-order valence-electron chi connectivity index (χ3n) is 3.42. The molecule has 3 rings (SSSR count). The van der Waals surface area contributed by atoms with Gasteiger partial charge in [-0.05, 0) is 45.9 Å². The number of rotatable bonds is 4. The minimum Gasteiger partial charge on any atom is -0.299 e. The molecule has 1 aromatic heterocycles. The molecular formula is C15H14OS. The first-order valence-corrected chi connectivity index (χ1v) is 6.88. The summed E-state index contributed by atoms with van der Waals surface area (Å²) in [6.45, 7) is 0. The van der Waals surface area contributed by atoms with Crippen LogP contribution < -0.4 is 0 Å². The van der Waals surface area contributed by atoms with Crippen molar-refractivity contribution in [2.24, 2.45) is 0 Å². The van der Waals surface area contributed by atoms with Crippen molar-refractivity contribution in [2.75, 3.05) is 0 Å². The van der Waals surface area contributed by atoms with Crippen LogP contribution >= 0.6 is 11.3 Å². The summed E-state index contributed by atoms with van der Waals surface area (Å²) in [6, 6.07) is 10.5. The average Bonchev–Trinajstić information content (AvgIpc) is 2.79. The van der Waals surface area contributed by atoms with Gasteiger partial charge in [-0.2, -0.15) is 11.3 Å². The standard InChI is InChI=1S/C15H14OS/c16-14(7-11-5-6-17-10-11)9-13-8-12-3-1-2-4-15(12)13/h1-6,10,13H,7-9H2. The van der Waals surface area contributed by atoms with Gasteiger partial charge < -0.3 is 0 Å². The van der Waals surface area contributed by atoms with Gasteiger partial charge in [0.1, 0.15) is 5.78 Å². The van der Waals surface area contributed by atoms with Crippen molar-refractivity contribution in [3.63, 3.8) is 0 Å². The van der Waals surface area contributed by atoms with E-state index in [9.17, 15) is 4.79 Å². The van der Waals surface area contributed by atoms with E-state index in [2.05, 4.69) is 29.6 Å². The van der Waals surface area contributed by atoms with Gasteiger partial charge in [0.15, 0.2) is 0 Å². The zero-order valence-electron chi connectivity index (χ0n) is 9.56. The largest absolute Gasteiger partial charge is 0.299 e. The summed E-state index contributed by atoms with van der Waals surface area (Å²) in [7, 11) is 0. The van der Waals surface area contributed by atoms with E-state index in [-0.39, 0.29) is 0 Å². The Morgan fingerprint density at radius 2 is 2.18 bits per heavy atom. The quantitative estimate of drug-likeness (QED) is 0.800. The molecule has 0 saturated carbocycles. The van der Waals surface area contributed by atoms with Crippen LogP contribution in [0.5, 0.6) is 0 Å². The van der Waals surface area contributed by atoms with E-state index < -0.39 is 0 Å². The third-order valence-corrected chi connectivity index (χ3v) is 4.15. The summed E-state index contributed by atoms with van der Waals surface area (Å²) in [5, 5.41) is 4.09. The van der Waals surface area contributed by atoms with Crippen LogP contribution in [0.25, 0.3) is 0 Å². The van der Waals surface area contributed by atoms with Crippen molar-refractivity contribution >= 4 is 17.1 Å². The Hall–Kier alpha value is -1.41. The zero-order valence-corrected chi connectivity index (χ0v) is 10.4. The highest BCUT2D eigenvalue weighted by atomic mass is 32.1. The highest BCUT2D eigenvalue weighted by Crippen LogP contribution is 2.37. The lowest BCUT2D eigenvalue weighted by molar-refractivity contribution is -0.118. The second kappa shape index (κ2) is 4.46. The number of ketones is 1. The van der Waals surface area contributed by atoms with Gasteiger partial charge in [-0.1, -0.05) is 24.3 Å². The summed E-state index contributed by atoms with van der Waals surface area (Å²) in [4.78, 5) is 11.9. The maximum atomic E-state index is 11.9. The average molecular weight is 242 g/mol. The van der Waals surface area contributed by atoms with E-state index in [1.54, 1.807) is 11.3 Å². The van der Waals surface area contributed by atoms with Crippen molar-refractivity contribution < 1.29 is 4.79 Å². The number of carbonyl (C=O) groups excluding carboxylic acids is 1. The molecule has 1 aromatic carbocycles. The summed E-state index contributed by atoms with van der Waals surface area (Å²) >= 11 is 1.66. The number of hydrogen-bond acceptors (Lipinski definition) is 2. The topological polar surface area (TPSA) is 17.1 Å². The van der Waals surface area contributed by atoms with E-state index in [0.29, 0.717) is 24.5 Å². The Bertz CT molecular complexity index is 528. The Morgan fingerprint density at radius 1 is 1.29 bits per heavy atom. The number of benzene rings is 1. The van der Waals surface area contributed by atoms with Crippen LogP contribution in [0.15, 0.2) is 41.1 Å². The third kappa shape index (κ3) is 2.18. The molecule has 2 aromatic rings. The minimum absolute atomic E-state index is 0.364. The zero-order chi connectivity index (χ0) is 11.7. The fourth-order valence-electron chi connectivity index (χ4n) is 2.51. The Labute approximate surface area is 105 Å². The molecule has 1 nitrogen and oxygen atoms in total. The molecule has 17 heavy (non-hydrogen) atoms. The van der Waals surface area contributed by atoms with Gasteiger partial charge in [-0.25, -0.2) is 0 Å². The van der Waals surface area contributed by atoms with Crippen molar-refractivity contribution in [1.29, 1.82) is 0 Å². The van der Waals surface area contributed by atoms with E-state index in [0.717, 1.165) is 12.0 Å². The molecule has 0 fully saturated rings. The molecule has 0 radical (unpaired) electrons. The van der Waals surface area contributed by atoms with Crippen LogP contribution in [0.4, 0.5) is 0 Å². The molecule has 2 heteroatoms. The first-order valence-electron chi connectivity index (χ1n) is 5.93. The SMILES string of the molecule is O=C(Cc1ccsc1)CC1Cc2ccccc21. The fraction of sp³-hybridized carbons (Fsp3) is 0.267. The van der Waals surface area contributed by atoms with Crippen molar-refractivity contribution in [3.8, 4) is 0 Å². The van der Waals surface area contributed by atoms with Crippen LogP contribution in [-0.2, 0) is 17.6 Å². The molecule has 1 heterocycles. The lowest BCUT2D eigenvalue weighted by Gasteiger charge is -2.29. The van der Waals surface area contributed by atoms with Gasteiger partial charge in [-0.3, -0.25) is 4.79 Å². The molecule has 0 aliphatic heterocycles. The summed E-state index contributed by atoms with van der Waals surface area (Å²) < 4.78 is 0. The normalized spacial score (nSPS) is 17.3. The van der Waals surface area contributed by atoms with Gasteiger partial charge in [0, 0.05) is 12.8 Å². The number of fused-ring (bicyclic) bond motifs is 1. The first-order chi connectivity index (χ1) is 8.33. The molecule has 1 aliphatic carbocycles. The van der Waals surface area contributed by atoms with E-state index in [1.807, 2.05) is 11.4 Å². The second-order valence-corrected chi connectivity index (χ2v) is 5.43. The smallest absolute Gasteiger partial charge is 0.137 e. The van der Waals surface area contributed by atoms with Crippen molar-refractivity contribution in [1.82, 2.24) is 0 Å². The molecule has 1 unspecified atom stereocenters. The summed E-state index contributed by atoms with van der Waals surface area (Å²) in [5.41, 5.74) is 3.96. The van der Waals surface area contributed by atoms with Crippen molar-refractivity contribution in [2.45, 2.75) is 25.2 Å². The molecule has 0 spiro atoms. The van der Waals surface area contributed by atoms with Gasteiger partial charge in [-0.15, -0.1) is 0 Å². The van der Waals surface area contributed by atoms with E-state index >= 15 is 0 Å². The van der Waals surface area contributed by atoms with E-state index in [1.165, 1.54) is 11.1 Å². The molecular weight excluding hydrogens is 228 g/mol.